The van der Waals surface area contributed by atoms with E-state index in [2.05, 4.69) is 0 Å². The molecule has 1 atom stereocenters. The fraction of sp³-hybridized carbons (Fsp3) is 0.571. The van der Waals surface area contributed by atoms with Gasteiger partial charge in [-0.1, -0.05) is 25.4 Å². The van der Waals surface area contributed by atoms with Crippen LogP contribution < -0.4 is 5.73 Å². The van der Waals surface area contributed by atoms with E-state index in [4.69, 9.17) is 17.3 Å². The topological polar surface area (TPSA) is 107 Å². The number of hydrogen-bond acceptors (Lipinski definition) is 5. The summed E-state index contributed by atoms with van der Waals surface area (Å²) in [6, 6.07) is 2.24. The monoisotopic (exact) mass is 361 g/mol. The van der Waals surface area contributed by atoms with Crippen molar-refractivity contribution in [2.24, 2.45) is 11.1 Å². The number of hydrogen-bond donors (Lipinski definition) is 1. The van der Waals surface area contributed by atoms with Crippen LogP contribution in [0.15, 0.2) is 17.0 Å². The second-order valence-electron chi connectivity index (χ2n) is 6.53. The molecule has 1 aromatic carbocycles. The lowest BCUT2D eigenvalue weighted by molar-refractivity contribution is -0.385. The highest BCUT2D eigenvalue weighted by Crippen LogP contribution is 2.34. The fourth-order valence-corrected chi connectivity index (χ4v) is 4.61. The van der Waals surface area contributed by atoms with Gasteiger partial charge < -0.3 is 5.73 Å². The number of halogens is 1. The quantitative estimate of drug-likeness (QED) is 0.656. The molecule has 2 N–H and O–H groups in total. The van der Waals surface area contributed by atoms with Gasteiger partial charge in [0.2, 0.25) is 10.0 Å². The highest BCUT2D eigenvalue weighted by molar-refractivity contribution is 7.89. The number of nitrogens with two attached hydrogens (primary N) is 1. The summed E-state index contributed by atoms with van der Waals surface area (Å²) < 4.78 is 27.0. The Labute approximate surface area is 140 Å². The van der Waals surface area contributed by atoms with Crippen molar-refractivity contribution in [1.82, 2.24) is 4.31 Å². The normalized spacial score (nSPS) is 22.0. The second kappa shape index (κ2) is 6.01. The van der Waals surface area contributed by atoms with Crippen LogP contribution in [-0.4, -0.2) is 36.8 Å². The smallest absolute Gasteiger partial charge is 0.275 e. The lowest BCUT2D eigenvalue weighted by atomic mass is 9.81. The van der Waals surface area contributed by atoms with Crippen LogP contribution in [0.1, 0.15) is 25.8 Å². The predicted octanol–water partition coefficient (Wildman–Crippen LogP) is 2.30. The van der Waals surface area contributed by atoms with Gasteiger partial charge in [-0.15, -0.1) is 0 Å². The lowest BCUT2D eigenvalue weighted by Crippen LogP contribution is -2.53. The van der Waals surface area contributed by atoms with E-state index < -0.39 is 14.9 Å². The molecule has 1 heterocycles. The van der Waals surface area contributed by atoms with E-state index in [1.807, 2.05) is 13.8 Å². The molecule has 23 heavy (non-hydrogen) atoms. The van der Waals surface area contributed by atoms with E-state index in [1.165, 1.54) is 17.3 Å². The molecule has 1 aliphatic rings. The SMILES string of the molecule is Cc1c(Cl)cc(S(=O)(=O)N2CCC(N)C(C)(C)C2)cc1[N+](=O)[O-]. The molecule has 1 aromatic rings. The van der Waals surface area contributed by atoms with Gasteiger partial charge in [-0.05, 0) is 24.8 Å². The number of piperidine rings is 1. The standard InChI is InChI=1S/C14H20ClN3O4S/c1-9-11(15)6-10(7-12(9)18(19)20)23(21,22)17-5-4-13(16)14(2,3)8-17/h6-7,13H,4-5,8,16H2,1-3H3. The van der Waals surface area contributed by atoms with Gasteiger partial charge in [-0.3, -0.25) is 10.1 Å². The third-order valence-electron chi connectivity index (χ3n) is 4.40. The van der Waals surface area contributed by atoms with Gasteiger partial charge in [0.25, 0.3) is 5.69 Å². The summed E-state index contributed by atoms with van der Waals surface area (Å²) in [6.45, 7) is 5.84. The van der Waals surface area contributed by atoms with Crippen LogP contribution in [0.2, 0.25) is 5.02 Å². The molecule has 1 saturated heterocycles. The maximum Gasteiger partial charge on any atom is 0.275 e. The Kier molecular flexibility index (Phi) is 4.74. The Hall–Kier alpha value is -1.22. The van der Waals surface area contributed by atoms with Gasteiger partial charge in [-0.2, -0.15) is 4.31 Å². The molecule has 0 aromatic heterocycles. The fourth-order valence-electron chi connectivity index (χ4n) is 2.66. The zero-order valence-electron chi connectivity index (χ0n) is 13.2. The first-order valence-electron chi connectivity index (χ1n) is 7.17. The molecule has 2 rings (SSSR count). The molecule has 1 unspecified atom stereocenters. The van der Waals surface area contributed by atoms with Crippen LogP contribution >= 0.6 is 11.6 Å². The minimum atomic E-state index is -3.86. The number of benzene rings is 1. The molecule has 0 radical (unpaired) electrons. The predicted molar refractivity (Wildman–Crippen MR) is 88.0 cm³/mol. The number of nitrogens with zero attached hydrogens (tertiary/aromatic N) is 2. The maximum absolute atomic E-state index is 12.8. The van der Waals surface area contributed by atoms with Crippen molar-refractivity contribution in [1.29, 1.82) is 0 Å². The number of nitro benzene ring substituents is 1. The summed E-state index contributed by atoms with van der Waals surface area (Å²) in [7, 11) is -3.86. The highest BCUT2D eigenvalue weighted by atomic mass is 35.5. The van der Waals surface area contributed by atoms with E-state index in [-0.39, 0.29) is 45.7 Å². The molecule has 128 valence electrons. The second-order valence-corrected chi connectivity index (χ2v) is 8.87. The van der Waals surface area contributed by atoms with Crippen LogP contribution in [0, 0.1) is 22.5 Å². The lowest BCUT2D eigenvalue weighted by Gasteiger charge is -2.41. The molecule has 1 fully saturated rings. The van der Waals surface area contributed by atoms with Crippen molar-refractivity contribution in [3.05, 3.63) is 32.8 Å². The van der Waals surface area contributed by atoms with E-state index in [0.717, 1.165) is 6.07 Å². The van der Waals surface area contributed by atoms with E-state index in [0.29, 0.717) is 6.42 Å². The van der Waals surface area contributed by atoms with E-state index in [9.17, 15) is 18.5 Å². The maximum atomic E-state index is 12.8. The molecule has 7 nitrogen and oxygen atoms in total. The zero-order valence-corrected chi connectivity index (χ0v) is 14.8. The largest absolute Gasteiger partial charge is 0.327 e. The Bertz CT molecular complexity index is 749. The summed E-state index contributed by atoms with van der Waals surface area (Å²) in [5, 5.41) is 11.2. The summed E-state index contributed by atoms with van der Waals surface area (Å²) in [5.41, 5.74) is 5.61. The van der Waals surface area contributed by atoms with Crippen molar-refractivity contribution in [3.63, 3.8) is 0 Å². The van der Waals surface area contributed by atoms with Crippen molar-refractivity contribution >= 4 is 27.3 Å². The van der Waals surface area contributed by atoms with Gasteiger partial charge in [0.15, 0.2) is 0 Å². The molecule has 0 aliphatic carbocycles. The van der Waals surface area contributed by atoms with Crippen molar-refractivity contribution in [2.45, 2.75) is 38.1 Å². The molecule has 0 amide bonds. The minimum Gasteiger partial charge on any atom is -0.327 e. The van der Waals surface area contributed by atoms with Crippen molar-refractivity contribution in [2.75, 3.05) is 13.1 Å². The first kappa shape index (κ1) is 18.1. The van der Waals surface area contributed by atoms with Gasteiger partial charge in [0, 0.05) is 30.8 Å². The van der Waals surface area contributed by atoms with Crippen LogP contribution in [0.3, 0.4) is 0 Å². The number of sulfonamides is 1. The van der Waals surface area contributed by atoms with Gasteiger partial charge >= 0.3 is 0 Å². The highest BCUT2D eigenvalue weighted by Gasteiger charge is 2.39. The van der Waals surface area contributed by atoms with Crippen LogP contribution in [0.5, 0.6) is 0 Å². The third-order valence-corrected chi connectivity index (χ3v) is 6.62. The zero-order chi connectivity index (χ0) is 17.6. The average Bonchev–Trinajstić information content (AvgIpc) is 2.43. The van der Waals surface area contributed by atoms with Gasteiger partial charge in [0.1, 0.15) is 0 Å². The Morgan fingerprint density at radius 3 is 2.57 bits per heavy atom. The van der Waals surface area contributed by atoms with Crippen molar-refractivity contribution < 1.29 is 13.3 Å². The van der Waals surface area contributed by atoms with Gasteiger partial charge in [-0.25, -0.2) is 8.42 Å². The minimum absolute atomic E-state index is 0.0609. The average molecular weight is 362 g/mol. The molecule has 0 bridgehead atoms. The van der Waals surface area contributed by atoms with Gasteiger partial charge in [0.05, 0.1) is 14.8 Å². The van der Waals surface area contributed by atoms with Crippen molar-refractivity contribution in [3.8, 4) is 0 Å². The summed E-state index contributed by atoms with van der Waals surface area (Å²) in [4.78, 5) is 10.3. The molecule has 0 spiro atoms. The Morgan fingerprint density at radius 1 is 1.43 bits per heavy atom. The molecular weight excluding hydrogens is 342 g/mol. The number of nitro groups is 1. The molecule has 0 saturated carbocycles. The summed E-state index contributed by atoms with van der Waals surface area (Å²) >= 11 is 5.98. The third kappa shape index (κ3) is 3.35. The van der Waals surface area contributed by atoms with Crippen LogP contribution in [-0.2, 0) is 10.0 Å². The first-order valence-corrected chi connectivity index (χ1v) is 8.99. The molecular formula is C14H20ClN3O4S. The van der Waals surface area contributed by atoms with Crippen LogP contribution in [0.4, 0.5) is 5.69 Å². The van der Waals surface area contributed by atoms with E-state index in [1.54, 1.807) is 0 Å². The Balaban J connectivity index is 2.47. The first-order chi connectivity index (χ1) is 10.5. The number of rotatable bonds is 3. The van der Waals surface area contributed by atoms with Crippen LogP contribution in [0.25, 0.3) is 0 Å². The van der Waals surface area contributed by atoms with E-state index >= 15 is 0 Å². The summed E-state index contributed by atoms with van der Waals surface area (Å²) in [5.74, 6) is 0. The summed E-state index contributed by atoms with van der Waals surface area (Å²) in [6.07, 6.45) is 0.536. The Morgan fingerprint density at radius 2 is 2.04 bits per heavy atom. The molecule has 1 aliphatic heterocycles. The molecule has 9 heteroatoms.